The van der Waals surface area contributed by atoms with Gasteiger partial charge in [0.2, 0.25) is 5.60 Å². The molecule has 1 aliphatic rings. The fraction of sp³-hybridized carbons (Fsp3) is 0.417. The van der Waals surface area contributed by atoms with Gasteiger partial charge in [-0.25, -0.2) is 8.42 Å². The van der Waals surface area contributed by atoms with Gasteiger partial charge in [-0.3, -0.25) is 13.9 Å². The van der Waals surface area contributed by atoms with Gasteiger partial charge in [0, 0.05) is 12.5 Å². The maximum Gasteiger partial charge on any atom is 0.427 e. The number of sulfonamides is 1. The number of halogens is 4. The molecule has 0 spiro atoms. The number of methoxy groups -OCH3 is 1. The Hall–Kier alpha value is -3.19. The zero-order valence-corrected chi connectivity index (χ0v) is 22.1. The van der Waals surface area contributed by atoms with Crippen LogP contribution in [-0.4, -0.2) is 57.0 Å². The molecule has 0 aliphatic carbocycles. The maximum atomic E-state index is 13.7. The molecule has 1 aliphatic heterocycles. The molecule has 0 fully saturated rings. The van der Waals surface area contributed by atoms with E-state index in [4.69, 9.17) is 26.2 Å². The van der Waals surface area contributed by atoms with Gasteiger partial charge in [0.1, 0.15) is 17.6 Å². The molecule has 1 N–H and O–H groups in total. The summed E-state index contributed by atoms with van der Waals surface area (Å²) in [7, 11) is -2.97. The summed E-state index contributed by atoms with van der Waals surface area (Å²) in [6, 6.07) is 7.88. The molecule has 1 heterocycles. The average Bonchev–Trinajstić information content (AvgIpc) is 2.81. The topological polar surface area (TPSA) is 119 Å². The quantitative estimate of drug-likeness (QED) is 0.428. The molecule has 0 saturated carbocycles. The van der Waals surface area contributed by atoms with Gasteiger partial charge in [-0.05, 0) is 50.1 Å². The van der Waals surface area contributed by atoms with Crippen LogP contribution in [0.1, 0.15) is 32.3 Å². The van der Waals surface area contributed by atoms with Gasteiger partial charge in [0.05, 0.1) is 35.7 Å². The highest BCUT2D eigenvalue weighted by Crippen LogP contribution is 2.40. The highest BCUT2D eigenvalue weighted by molar-refractivity contribution is 7.92. The number of rotatable bonds is 9. The third kappa shape index (κ3) is 6.44. The van der Waals surface area contributed by atoms with Crippen molar-refractivity contribution in [2.24, 2.45) is 0 Å². The molecule has 2 aromatic carbocycles. The van der Waals surface area contributed by atoms with Gasteiger partial charge in [-0.15, -0.1) is 0 Å². The number of benzene rings is 2. The van der Waals surface area contributed by atoms with Gasteiger partial charge in [-0.2, -0.15) is 13.2 Å². The van der Waals surface area contributed by atoms with Crippen LogP contribution in [0.2, 0.25) is 5.02 Å². The number of fused-ring (bicyclic) bond motifs is 1. The molecule has 0 radical (unpaired) electrons. The van der Waals surface area contributed by atoms with Crippen molar-refractivity contribution in [2.45, 2.75) is 55.9 Å². The van der Waals surface area contributed by atoms with E-state index in [0.717, 1.165) is 18.2 Å². The third-order valence-corrected chi connectivity index (χ3v) is 7.83. The Labute approximate surface area is 222 Å². The Morgan fingerprint density at radius 3 is 2.47 bits per heavy atom. The molecule has 3 rings (SSSR count). The minimum absolute atomic E-state index is 0.00529. The van der Waals surface area contributed by atoms with Crippen molar-refractivity contribution in [3.05, 3.63) is 47.0 Å². The van der Waals surface area contributed by atoms with E-state index < -0.39 is 46.3 Å². The Bertz CT molecular complexity index is 1330. The lowest BCUT2D eigenvalue weighted by Gasteiger charge is -2.35. The van der Waals surface area contributed by atoms with Gasteiger partial charge in [0.25, 0.3) is 10.0 Å². The molecular weight excluding hydrogens is 555 g/mol. The second kappa shape index (κ2) is 10.9. The van der Waals surface area contributed by atoms with Crippen LogP contribution in [0.15, 0.2) is 41.3 Å². The minimum atomic E-state index is -4.79. The predicted molar refractivity (Wildman–Crippen MR) is 130 cm³/mol. The first-order valence-corrected chi connectivity index (χ1v) is 13.0. The summed E-state index contributed by atoms with van der Waals surface area (Å²) >= 11 is 6.03. The lowest BCUT2D eigenvalue weighted by molar-refractivity contribution is -0.257. The fourth-order valence-corrected chi connectivity index (χ4v) is 5.31. The summed E-state index contributed by atoms with van der Waals surface area (Å²) < 4.78 is 83.2. The number of carbonyl (C=O) groups is 2. The van der Waals surface area contributed by atoms with Crippen molar-refractivity contribution in [3.63, 3.8) is 0 Å². The molecular formula is C24H25ClF3NO8S. The molecule has 0 unspecified atom stereocenters. The van der Waals surface area contributed by atoms with E-state index in [2.05, 4.69) is 4.74 Å². The van der Waals surface area contributed by atoms with Crippen LogP contribution in [0, 0.1) is 0 Å². The first-order chi connectivity index (χ1) is 17.5. The average molecular weight is 580 g/mol. The van der Waals surface area contributed by atoms with Crippen LogP contribution >= 0.6 is 11.6 Å². The standard InChI is InChI=1S/C24H25ClF3NO8S/c1-23(2,24(26,27)28)37-22(32)11-14-4-8-19-18(10-14)29(13-15(36-19)5-9-21(30)31)38(33,34)16-6-7-17(25)20(12-16)35-3/h4,6-8,10,12,15H,5,9,11,13H2,1-3H3,(H,30,31)/t15-/m0/s1. The van der Waals surface area contributed by atoms with Gasteiger partial charge < -0.3 is 19.3 Å². The van der Waals surface area contributed by atoms with Crippen molar-refractivity contribution in [1.82, 2.24) is 0 Å². The second-order valence-corrected chi connectivity index (χ2v) is 11.2. The number of nitrogens with zero attached hydrogens (tertiary/aromatic N) is 1. The molecule has 0 aromatic heterocycles. The summed E-state index contributed by atoms with van der Waals surface area (Å²) in [5.41, 5.74) is -2.53. The smallest absolute Gasteiger partial charge is 0.427 e. The largest absolute Gasteiger partial charge is 0.495 e. The summed E-state index contributed by atoms with van der Waals surface area (Å²) in [5, 5.41) is 9.23. The SMILES string of the molecule is COc1cc(S(=O)(=O)N2C[C@H](CCC(=O)O)Oc3ccc(CC(=O)OC(C)(C)C(F)(F)F)cc32)ccc1Cl. The van der Waals surface area contributed by atoms with Crippen LogP contribution in [-0.2, 0) is 30.8 Å². The Morgan fingerprint density at radius 2 is 1.87 bits per heavy atom. The number of aliphatic carboxylic acids is 1. The lowest BCUT2D eigenvalue weighted by atomic mass is 10.1. The van der Waals surface area contributed by atoms with Crippen molar-refractivity contribution in [1.29, 1.82) is 0 Å². The first-order valence-electron chi connectivity index (χ1n) is 11.2. The number of esters is 1. The maximum absolute atomic E-state index is 13.7. The van der Waals surface area contributed by atoms with E-state index in [9.17, 15) is 31.2 Å². The number of carbonyl (C=O) groups excluding carboxylic acids is 1. The molecule has 1 atom stereocenters. The molecule has 38 heavy (non-hydrogen) atoms. The number of anilines is 1. The van der Waals surface area contributed by atoms with Crippen LogP contribution in [0.4, 0.5) is 18.9 Å². The monoisotopic (exact) mass is 579 g/mol. The number of ether oxygens (including phenoxy) is 3. The van der Waals surface area contributed by atoms with Crippen molar-refractivity contribution in [2.75, 3.05) is 18.0 Å². The zero-order valence-electron chi connectivity index (χ0n) is 20.5. The van der Waals surface area contributed by atoms with Gasteiger partial charge >= 0.3 is 18.1 Å². The summed E-state index contributed by atoms with van der Waals surface area (Å²) in [4.78, 5) is 23.2. The Morgan fingerprint density at radius 1 is 1.18 bits per heavy atom. The highest BCUT2D eigenvalue weighted by Gasteiger charge is 2.50. The lowest BCUT2D eigenvalue weighted by Crippen LogP contribution is -2.44. The number of hydrogen-bond acceptors (Lipinski definition) is 7. The van der Waals surface area contributed by atoms with Crippen molar-refractivity contribution < 1.29 is 50.5 Å². The molecule has 0 amide bonds. The van der Waals surface area contributed by atoms with Crippen molar-refractivity contribution >= 4 is 39.3 Å². The van der Waals surface area contributed by atoms with Crippen LogP contribution in [0.25, 0.3) is 0 Å². The molecule has 0 bridgehead atoms. The number of hydrogen-bond donors (Lipinski definition) is 1. The molecule has 2 aromatic rings. The first kappa shape index (κ1) is 29.4. The van der Waals surface area contributed by atoms with E-state index in [1.54, 1.807) is 0 Å². The van der Waals surface area contributed by atoms with E-state index in [1.807, 2.05) is 0 Å². The summed E-state index contributed by atoms with van der Waals surface area (Å²) in [6.07, 6.45) is -6.45. The molecule has 14 heteroatoms. The Kier molecular flexibility index (Phi) is 8.42. The third-order valence-electron chi connectivity index (χ3n) is 5.75. The van der Waals surface area contributed by atoms with Crippen molar-refractivity contribution in [3.8, 4) is 11.5 Å². The predicted octanol–water partition coefficient (Wildman–Crippen LogP) is 4.60. The zero-order chi connectivity index (χ0) is 28.5. The van der Waals surface area contributed by atoms with Gasteiger partial charge in [-0.1, -0.05) is 17.7 Å². The van der Waals surface area contributed by atoms with E-state index in [0.29, 0.717) is 0 Å². The normalized spacial score (nSPS) is 15.9. The molecule has 0 saturated heterocycles. The molecule has 208 valence electrons. The van der Waals surface area contributed by atoms with E-state index in [1.165, 1.54) is 43.5 Å². The van der Waals surface area contributed by atoms with E-state index in [-0.39, 0.29) is 52.1 Å². The highest BCUT2D eigenvalue weighted by atomic mass is 35.5. The van der Waals surface area contributed by atoms with E-state index >= 15 is 0 Å². The number of alkyl halides is 3. The summed E-state index contributed by atoms with van der Waals surface area (Å²) in [5.74, 6) is -2.07. The fourth-order valence-electron chi connectivity index (χ4n) is 3.60. The van der Waals surface area contributed by atoms with Crippen LogP contribution < -0.4 is 13.8 Å². The van der Waals surface area contributed by atoms with Gasteiger partial charge in [0.15, 0.2) is 0 Å². The Balaban J connectivity index is 1.99. The number of carboxylic acid groups (broad SMARTS) is 1. The second-order valence-electron chi connectivity index (χ2n) is 8.97. The van der Waals surface area contributed by atoms with Crippen LogP contribution in [0.5, 0.6) is 11.5 Å². The molecule has 9 nitrogen and oxygen atoms in total. The summed E-state index contributed by atoms with van der Waals surface area (Å²) in [6.45, 7) is 1.18. The van der Waals surface area contributed by atoms with Crippen LogP contribution in [0.3, 0.4) is 0 Å². The minimum Gasteiger partial charge on any atom is -0.495 e. The number of carboxylic acids is 1.